The number of likely N-dealkylation sites (tertiary alicyclic amines) is 1. The van der Waals surface area contributed by atoms with Crippen molar-refractivity contribution >= 4 is 33.2 Å². The fourth-order valence-electron chi connectivity index (χ4n) is 5.73. The minimum Gasteiger partial charge on any atom is -0.493 e. The Morgan fingerprint density at radius 3 is 2.51 bits per heavy atom. The van der Waals surface area contributed by atoms with Crippen LogP contribution in [0.15, 0.2) is 97.3 Å². The SMILES string of the molecule is c1ccc(CCCNc2ncnc3cc(OCC4CCN(CCNc5cccc6ccccc56)CC4)ccc23)cc1. The van der Waals surface area contributed by atoms with E-state index in [4.69, 9.17) is 4.74 Å². The van der Waals surface area contributed by atoms with Gasteiger partial charge in [0.1, 0.15) is 17.9 Å². The highest BCUT2D eigenvalue weighted by molar-refractivity contribution is 5.93. The Morgan fingerprint density at radius 2 is 1.61 bits per heavy atom. The molecule has 41 heavy (non-hydrogen) atoms. The molecule has 0 atom stereocenters. The van der Waals surface area contributed by atoms with Gasteiger partial charge < -0.3 is 20.3 Å². The van der Waals surface area contributed by atoms with E-state index in [9.17, 15) is 0 Å². The summed E-state index contributed by atoms with van der Waals surface area (Å²) in [5.74, 6) is 2.35. The van der Waals surface area contributed by atoms with E-state index in [1.807, 2.05) is 6.07 Å². The lowest BCUT2D eigenvalue weighted by molar-refractivity contribution is 0.145. The van der Waals surface area contributed by atoms with E-state index in [1.54, 1.807) is 6.33 Å². The maximum atomic E-state index is 6.24. The van der Waals surface area contributed by atoms with Gasteiger partial charge in [-0.3, -0.25) is 0 Å². The number of aromatic nitrogens is 2. The van der Waals surface area contributed by atoms with Crippen LogP contribution in [-0.4, -0.2) is 54.2 Å². The van der Waals surface area contributed by atoms with Crippen LogP contribution in [-0.2, 0) is 6.42 Å². The van der Waals surface area contributed by atoms with Gasteiger partial charge in [-0.05, 0) is 73.8 Å². The van der Waals surface area contributed by atoms with Crippen molar-refractivity contribution < 1.29 is 4.74 Å². The van der Waals surface area contributed by atoms with E-state index >= 15 is 0 Å². The fourth-order valence-corrected chi connectivity index (χ4v) is 5.73. The van der Waals surface area contributed by atoms with E-state index in [0.29, 0.717) is 5.92 Å². The van der Waals surface area contributed by atoms with E-state index < -0.39 is 0 Å². The Morgan fingerprint density at radius 1 is 0.780 bits per heavy atom. The molecule has 6 nitrogen and oxygen atoms in total. The minimum absolute atomic E-state index is 0.584. The van der Waals surface area contributed by atoms with Gasteiger partial charge in [-0.1, -0.05) is 66.7 Å². The number of aryl methyl sites for hydroxylation is 1. The van der Waals surface area contributed by atoms with E-state index in [0.717, 1.165) is 74.6 Å². The second kappa shape index (κ2) is 13.5. The van der Waals surface area contributed by atoms with Crippen molar-refractivity contribution in [3.8, 4) is 5.75 Å². The molecule has 1 aliphatic heterocycles. The Hall–Kier alpha value is -4.16. The predicted molar refractivity (Wildman–Crippen MR) is 170 cm³/mol. The van der Waals surface area contributed by atoms with Gasteiger partial charge in [-0.2, -0.15) is 0 Å². The number of ether oxygens (including phenoxy) is 1. The number of fused-ring (bicyclic) bond motifs is 2. The zero-order valence-electron chi connectivity index (χ0n) is 23.6. The summed E-state index contributed by atoms with van der Waals surface area (Å²) in [4.78, 5) is 11.6. The van der Waals surface area contributed by atoms with Crippen LogP contribution >= 0.6 is 0 Å². The molecule has 0 bridgehead atoms. The van der Waals surface area contributed by atoms with Crippen LogP contribution in [0.3, 0.4) is 0 Å². The molecule has 6 rings (SSSR count). The minimum atomic E-state index is 0.584. The first-order valence-electron chi connectivity index (χ1n) is 14.9. The summed E-state index contributed by atoms with van der Waals surface area (Å²) in [7, 11) is 0. The monoisotopic (exact) mass is 545 g/mol. The Balaban J connectivity index is 0.931. The van der Waals surface area contributed by atoms with E-state index in [1.165, 1.54) is 34.9 Å². The number of piperidine rings is 1. The number of hydrogen-bond acceptors (Lipinski definition) is 6. The number of nitrogens with zero attached hydrogens (tertiary/aromatic N) is 3. The van der Waals surface area contributed by atoms with Crippen LogP contribution in [0.25, 0.3) is 21.7 Å². The first-order chi connectivity index (χ1) is 20.3. The smallest absolute Gasteiger partial charge is 0.137 e. The molecule has 0 amide bonds. The molecule has 5 aromatic rings. The van der Waals surface area contributed by atoms with Crippen molar-refractivity contribution in [2.75, 3.05) is 50.0 Å². The number of rotatable bonds is 12. The summed E-state index contributed by atoms with van der Waals surface area (Å²) >= 11 is 0. The standard InChI is InChI=1S/C35H39N5O/c1-2-8-27(9-3-1)10-7-19-37-35-32-16-15-30(24-34(32)38-26-39-35)41-25-28-17-21-40(22-18-28)23-20-36-33-14-6-12-29-11-4-5-13-31(29)33/h1-6,8-9,11-16,24,26,28,36H,7,10,17-23,25H2,(H,37,38,39). The average Bonchev–Trinajstić information content (AvgIpc) is 3.03. The molecule has 1 aromatic heterocycles. The summed E-state index contributed by atoms with van der Waals surface area (Å²) in [5.41, 5.74) is 3.50. The van der Waals surface area contributed by atoms with Crippen LogP contribution in [0.2, 0.25) is 0 Å². The van der Waals surface area contributed by atoms with Crippen LogP contribution in [0.1, 0.15) is 24.8 Å². The zero-order chi connectivity index (χ0) is 27.7. The first-order valence-corrected chi connectivity index (χ1v) is 14.9. The third-order valence-electron chi connectivity index (χ3n) is 8.11. The van der Waals surface area contributed by atoms with Gasteiger partial charge in [-0.15, -0.1) is 0 Å². The quantitative estimate of drug-likeness (QED) is 0.164. The third-order valence-corrected chi connectivity index (χ3v) is 8.11. The molecule has 1 aliphatic rings. The zero-order valence-corrected chi connectivity index (χ0v) is 23.6. The van der Waals surface area contributed by atoms with Gasteiger partial charge in [0.2, 0.25) is 0 Å². The number of anilines is 2. The molecule has 0 aliphatic carbocycles. The molecule has 1 saturated heterocycles. The molecule has 210 valence electrons. The van der Waals surface area contributed by atoms with Crippen LogP contribution in [0.5, 0.6) is 5.75 Å². The van der Waals surface area contributed by atoms with Crippen molar-refractivity contribution in [2.45, 2.75) is 25.7 Å². The largest absolute Gasteiger partial charge is 0.493 e. The number of nitrogens with one attached hydrogen (secondary N) is 2. The highest BCUT2D eigenvalue weighted by Crippen LogP contribution is 2.26. The molecule has 2 heterocycles. The van der Waals surface area contributed by atoms with Gasteiger partial charge >= 0.3 is 0 Å². The van der Waals surface area contributed by atoms with E-state index in [-0.39, 0.29) is 0 Å². The lowest BCUT2D eigenvalue weighted by Crippen LogP contribution is -2.38. The second-order valence-electron chi connectivity index (χ2n) is 11.0. The number of benzene rings is 4. The van der Waals surface area contributed by atoms with Gasteiger partial charge in [-0.25, -0.2) is 9.97 Å². The third kappa shape index (κ3) is 7.14. The molecule has 0 radical (unpaired) electrons. The normalized spacial score (nSPS) is 14.3. The van der Waals surface area contributed by atoms with Crippen molar-refractivity contribution in [1.29, 1.82) is 0 Å². The highest BCUT2D eigenvalue weighted by Gasteiger charge is 2.19. The first kappa shape index (κ1) is 27.0. The second-order valence-corrected chi connectivity index (χ2v) is 11.0. The van der Waals surface area contributed by atoms with Crippen molar-refractivity contribution in [1.82, 2.24) is 14.9 Å². The van der Waals surface area contributed by atoms with Crippen LogP contribution in [0.4, 0.5) is 11.5 Å². The molecule has 0 unspecified atom stereocenters. The lowest BCUT2D eigenvalue weighted by atomic mass is 9.98. The molecular formula is C35H39N5O. The molecule has 0 saturated carbocycles. The summed E-state index contributed by atoms with van der Waals surface area (Å²) < 4.78 is 6.24. The van der Waals surface area contributed by atoms with Gasteiger partial charge in [0.05, 0.1) is 12.1 Å². The van der Waals surface area contributed by atoms with Gasteiger partial charge in [0, 0.05) is 42.2 Å². The van der Waals surface area contributed by atoms with Crippen molar-refractivity contribution in [2.24, 2.45) is 5.92 Å². The molecule has 6 heteroatoms. The molecule has 2 N–H and O–H groups in total. The Bertz CT molecular complexity index is 1540. The topological polar surface area (TPSA) is 62.3 Å². The summed E-state index contributed by atoms with van der Waals surface area (Å²) in [5, 5.41) is 10.7. The average molecular weight is 546 g/mol. The van der Waals surface area contributed by atoms with Crippen molar-refractivity contribution in [3.63, 3.8) is 0 Å². The molecule has 4 aromatic carbocycles. The van der Waals surface area contributed by atoms with Gasteiger partial charge in [0.15, 0.2) is 0 Å². The van der Waals surface area contributed by atoms with Crippen LogP contribution in [0, 0.1) is 5.92 Å². The highest BCUT2D eigenvalue weighted by atomic mass is 16.5. The maximum absolute atomic E-state index is 6.24. The fraction of sp³-hybridized carbons (Fsp3) is 0.314. The maximum Gasteiger partial charge on any atom is 0.137 e. The predicted octanol–water partition coefficient (Wildman–Crippen LogP) is 7.03. The Kier molecular flexibility index (Phi) is 8.88. The molecule has 0 spiro atoms. The summed E-state index contributed by atoms with van der Waals surface area (Å²) in [6.07, 6.45) is 6.07. The molecule has 1 fully saturated rings. The summed E-state index contributed by atoms with van der Waals surface area (Å²) in [6, 6.07) is 31.8. The number of hydrogen-bond donors (Lipinski definition) is 2. The van der Waals surface area contributed by atoms with Crippen LogP contribution < -0.4 is 15.4 Å². The Labute approximate surface area is 242 Å². The lowest BCUT2D eigenvalue weighted by Gasteiger charge is -2.32. The molecular weight excluding hydrogens is 506 g/mol. The van der Waals surface area contributed by atoms with Gasteiger partial charge in [0.25, 0.3) is 0 Å². The van der Waals surface area contributed by atoms with Crippen molar-refractivity contribution in [3.05, 3.63) is 103 Å². The summed E-state index contributed by atoms with van der Waals surface area (Å²) in [6.45, 7) is 5.88. The van der Waals surface area contributed by atoms with E-state index in [2.05, 4.69) is 110 Å².